The molecule has 1 heterocycles. The van der Waals surface area contributed by atoms with E-state index in [0.29, 0.717) is 28.6 Å². The summed E-state index contributed by atoms with van der Waals surface area (Å²) in [5.74, 6) is -0.119. The van der Waals surface area contributed by atoms with Crippen LogP contribution in [0.25, 0.3) is 0 Å². The number of carbonyl (C=O) groups excluding carboxylic acids is 2. The van der Waals surface area contributed by atoms with Crippen molar-refractivity contribution in [2.24, 2.45) is 0 Å². The van der Waals surface area contributed by atoms with Crippen molar-refractivity contribution in [3.8, 4) is 5.75 Å². The van der Waals surface area contributed by atoms with Crippen molar-refractivity contribution in [1.29, 1.82) is 0 Å². The van der Waals surface area contributed by atoms with Crippen LogP contribution in [0.3, 0.4) is 0 Å². The van der Waals surface area contributed by atoms with Crippen LogP contribution in [-0.4, -0.2) is 37.2 Å². The molecule has 2 aromatic rings. The predicted octanol–water partition coefficient (Wildman–Crippen LogP) is 3.65. The quantitative estimate of drug-likeness (QED) is 0.741. The minimum Gasteiger partial charge on any atom is -0.481 e. The highest BCUT2D eigenvalue weighted by molar-refractivity contribution is 6.30. The van der Waals surface area contributed by atoms with Crippen LogP contribution in [0.2, 0.25) is 5.02 Å². The molecule has 1 aliphatic rings. The maximum absolute atomic E-state index is 12.5. The predicted molar refractivity (Wildman–Crippen MR) is 108 cm³/mol. The number of amides is 2. The van der Waals surface area contributed by atoms with Gasteiger partial charge in [0.1, 0.15) is 5.75 Å². The Kier molecular flexibility index (Phi) is 6.90. The average molecular weight is 403 g/mol. The first-order chi connectivity index (χ1) is 13.5. The monoisotopic (exact) mass is 402 g/mol. The SMILES string of the molecule is CC(Oc1cccc(Cl)c1)C(=O)Nc1ccccc1C(=O)NCC1CCCO1. The minimum atomic E-state index is -0.763. The summed E-state index contributed by atoms with van der Waals surface area (Å²) >= 11 is 5.94. The fourth-order valence-corrected chi connectivity index (χ4v) is 3.11. The first kappa shape index (κ1) is 20.2. The summed E-state index contributed by atoms with van der Waals surface area (Å²) < 4.78 is 11.2. The van der Waals surface area contributed by atoms with Gasteiger partial charge in [0.05, 0.1) is 17.4 Å². The van der Waals surface area contributed by atoms with Gasteiger partial charge in [-0.05, 0) is 50.1 Å². The smallest absolute Gasteiger partial charge is 0.265 e. The number of ether oxygens (including phenoxy) is 2. The molecule has 28 heavy (non-hydrogen) atoms. The molecule has 1 fully saturated rings. The lowest BCUT2D eigenvalue weighted by Crippen LogP contribution is -2.34. The van der Waals surface area contributed by atoms with Gasteiger partial charge in [0.15, 0.2) is 6.10 Å². The van der Waals surface area contributed by atoms with E-state index in [0.717, 1.165) is 19.4 Å². The van der Waals surface area contributed by atoms with Crippen molar-refractivity contribution in [1.82, 2.24) is 5.32 Å². The molecule has 6 nitrogen and oxygen atoms in total. The van der Waals surface area contributed by atoms with Crippen molar-refractivity contribution in [3.05, 3.63) is 59.1 Å². The zero-order chi connectivity index (χ0) is 19.9. The van der Waals surface area contributed by atoms with Crippen LogP contribution < -0.4 is 15.4 Å². The molecular formula is C21H23ClN2O4. The molecule has 2 unspecified atom stereocenters. The van der Waals surface area contributed by atoms with Gasteiger partial charge >= 0.3 is 0 Å². The lowest BCUT2D eigenvalue weighted by atomic mass is 10.1. The molecular weight excluding hydrogens is 380 g/mol. The first-order valence-corrected chi connectivity index (χ1v) is 9.62. The molecule has 2 N–H and O–H groups in total. The van der Waals surface area contributed by atoms with Gasteiger partial charge in [0.2, 0.25) is 0 Å². The molecule has 1 aliphatic heterocycles. The van der Waals surface area contributed by atoms with Crippen molar-refractivity contribution < 1.29 is 19.1 Å². The molecule has 0 radical (unpaired) electrons. The Morgan fingerprint density at radius 3 is 2.82 bits per heavy atom. The molecule has 0 bridgehead atoms. The van der Waals surface area contributed by atoms with E-state index in [4.69, 9.17) is 21.1 Å². The van der Waals surface area contributed by atoms with E-state index in [-0.39, 0.29) is 17.9 Å². The van der Waals surface area contributed by atoms with Crippen LogP contribution in [0.5, 0.6) is 5.75 Å². The maximum atomic E-state index is 12.5. The standard InChI is InChI=1S/C21H23ClN2O4/c1-14(28-16-7-4-6-15(22)12-16)20(25)24-19-10-3-2-9-18(19)21(26)23-13-17-8-5-11-27-17/h2-4,6-7,9-10,12,14,17H,5,8,11,13H2,1H3,(H,23,26)(H,24,25). The molecule has 1 saturated heterocycles. The average Bonchev–Trinajstić information content (AvgIpc) is 3.20. The van der Waals surface area contributed by atoms with Crippen molar-refractivity contribution >= 4 is 29.1 Å². The largest absolute Gasteiger partial charge is 0.481 e. The second kappa shape index (κ2) is 9.57. The third-order valence-corrected chi connectivity index (χ3v) is 4.66. The molecule has 0 saturated carbocycles. The zero-order valence-corrected chi connectivity index (χ0v) is 16.4. The van der Waals surface area contributed by atoms with E-state index in [1.165, 1.54) is 0 Å². The Balaban J connectivity index is 1.61. The fourth-order valence-electron chi connectivity index (χ4n) is 2.93. The normalized spacial score (nSPS) is 17.0. The van der Waals surface area contributed by atoms with E-state index in [9.17, 15) is 9.59 Å². The number of rotatable bonds is 7. The highest BCUT2D eigenvalue weighted by Gasteiger charge is 2.20. The molecule has 2 aromatic carbocycles. The van der Waals surface area contributed by atoms with Crippen LogP contribution in [0.15, 0.2) is 48.5 Å². The molecule has 7 heteroatoms. The van der Waals surface area contributed by atoms with E-state index in [1.807, 2.05) is 0 Å². The number of para-hydroxylation sites is 1. The molecule has 0 aliphatic carbocycles. The lowest BCUT2D eigenvalue weighted by molar-refractivity contribution is -0.122. The molecule has 0 aromatic heterocycles. The van der Waals surface area contributed by atoms with E-state index in [1.54, 1.807) is 55.5 Å². The highest BCUT2D eigenvalue weighted by Crippen LogP contribution is 2.20. The third kappa shape index (κ3) is 5.47. The second-order valence-corrected chi connectivity index (χ2v) is 7.03. The van der Waals surface area contributed by atoms with Crippen molar-refractivity contribution in [2.75, 3.05) is 18.5 Å². The van der Waals surface area contributed by atoms with Crippen molar-refractivity contribution in [2.45, 2.75) is 32.0 Å². The Labute approximate surface area is 169 Å². The van der Waals surface area contributed by atoms with E-state index >= 15 is 0 Å². The topological polar surface area (TPSA) is 76.7 Å². The number of nitrogens with one attached hydrogen (secondary N) is 2. The summed E-state index contributed by atoms with van der Waals surface area (Å²) in [5.41, 5.74) is 0.822. The van der Waals surface area contributed by atoms with Crippen LogP contribution in [0.4, 0.5) is 5.69 Å². The van der Waals surface area contributed by atoms with Crippen LogP contribution in [0, 0.1) is 0 Å². The highest BCUT2D eigenvalue weighted by atomic mass is 35.5. The molecule has 3 rings (SSSR count). The summed E-state index contributed by atoms with van der Waals surface area (Å²) in [4.78, 5) is 25.1. The van der Waals surface area contributed by atoms with Gasteiger partial charge in [-0.3, -0.25) is 9.59 Å². The first-order valence-electron chi connectivity index (χ1n) is 9.25. The van der Waals surface area contributed by atoms with Gasteiger partial charge < -0.3 is 20.1 Å². The Bertz CT molecular complexity index is 837. The van der Waals surface area contributed by atoms with Gasteiger partial charge in [0.25, 0.3) is 11.8 Å². The van der Waals surface area contributed by atoms with E-state index in [2.05, 4.69) is 10.6 Å². The lowest BCUT2D eigenvalue weighted by Gasteiger charge is -2.17. The number of hydrogen-bond acceptors (Lipinski definition) is 4. The summed E-state index contributed by atoms with van der Waals surface area (Å²) in [6, 6.07) is 13.7. The summed E-state index contributed by atoms with van der Waals surface area (Å²) in [6.45, 7) is 2.82. The van der Waals surface area contributed by atoms with E-state index < -0.39 is 6.10 Å². The number of benzene rings is 2. The number of carbonyl (C=O) groups is 2. The fraction of sp³-hybridized carbons (Fsp3) is 0.333. The van der Waals surface area contributed by atoms with Crippen LogP contribution in [-0.2, 0) is 9.53 Å². The number of halogens is 1. The third-order valence-electron chi connectivity index (χ3n) is 4.42. The summed E-state index contributed by atoms with van der Waals surface area (Å²) in [6.07, 6.45) is 1.24. The summed E-state index contributed by atoms with van der Waals surface area (Å²) in [7, 11) is 0. The Morgan fingerprint density at radius 2 is 2.07 bits per heavy atom. The number of hydrogen-bond donors (Lipinski definition) is 2. The van der Waals surface area contributed by atoms with Crippen molar-refractivity contribution in [3.63, 3.8) is 0 Å². The molecule has 2 atom stereocenters. The van der Waals surface area contributed by atoms with Gasteiger partial charge in [-0.2, -0.15) is 0 Å². The van der Waals surface area contributed by atoms with Gasteiger partial charge in [-0.15, -0.1) is 0 Å². The summed E-state index contributed by atoms with van der Waals surface area (Å²) in [5, 5.41) is 6.16. The van der Waals surface area contributed by atoms with Crippen LogP contribution >= 0.6 is 11.6 Å². The molecule has 0 spiro atoms. The minimum absolute atomic E-state index is 0.0526. The number of anilines is 1. The van der Waals surface area contributed by atoms with Gasteiger partial charge in [-0.25, -0.2) is 0 Å². The van der Waals surface area contributed by atoms with Gasteiger partial charge in [0, 0.05) is 18.2 Å². The Morgan fingerprint density at radius 1 is 1.25 bits per heavy atom. The van der Waals surface area contributed by atoms with Crippen LogP contribution in [0.1, 0.15) is 30.1 Å². The molecule has 148 valence electrons. The maximum Gasteiger partial charge on any atom is 0.265 e. The van der Waals surface area contributed by atoms with Gasteiger partial charge in [-0.1, -0.05) is 29.8 Å². The second-order valence-electron chi connectivity index (χ2n) is 6.60. The molecule has 2 amide bonds. The zero-order valence-electron chi connectivity index (χ0n) is 15.6. The Hall–Kier alpha value is -2.57.